The Morgan fingerprint density at radius 2 is 1.88 bits per heavy atom. The molecule has 1 heterocycles. The molecule has 26 heavy (non-hydrogen) atoms. The monoisotopic (exact) mass is 405 g/mol. The quantitative estimate of drug-likeness (QED) is 0.659. The van der Waals surface area contributed by atoms with E-state index in [1.54, 1.807) is 36.5 Å². The minimum absolute atomic E-state index is 0.273. The molecular weight excluding hydrogens is 393 g/mol. The molecule has 5 nitrogen and oxygen atoms in total. The first-order valence-electron chi connectivity index (χ1n) is 7.52. The van der Waals surface area contributed by atoms with Gasteiger partial charge in [0.05, 0.1) is 0 Å². The number of halogens is 2. The molecule has 3 N–H and O–H groups in total. The Morgan fingerprint density at radius 1 is 1.12 bits per heavy atom. The zero-order valence-electron chi connectivity index (χ0n) is 13.3. The fourth-order valence-electron chi connectivity index (χ4n) is 2.28. The highest BCUT2D eigenvalue weighted by molar-refractivity contribution is 7.15. The van der Waals surface area contributed by atoms with Crippen molar-refractivity contribution in [2.45, 2.75) is 6.42 Å². The molecule has 0 aliphatic rings. The van der Waals surface area contributed by atoms with Crippen LogP contribution in [0.3, 0.4) is 0 Å². The lowest BCUT2D eigenvalue weighted by Gasteiger charge is -2.03. The van der Waals surface area contributed by atoms with E-state index >= 15 is 0 Å². The molecule has 132 valence electrons. The zero-order valence-corrected chi connectivity index (χ0v) is 15.7. The number of nitrogens with two attached hydrogens (primary N) is 1. The van der Waals surface area contributed by atoms with E-state index in [1.165, 1.54) is 17.4 Å². The molecule has 2 aromatic carbocycles. The summed E-state index contributed by atoms with van der Waals surface area (Å²) >= 11 is 13.4. The number of benzene rings is 2. The number of nitrogens with zero attached hydrogens (tertiary/aromatic N) is 1. The smallest absolute Gasteiger partial charge is 0.257 e. The van der Waals surface area contributed by atoms with E-state index in [0.717, 1.165) is 10.4 Å². The largest absolute Gasteiger partial charge is 0.366 e. The van der Waals surface area contributed by atoms with Gasteiger partial charge in [0.25, 0.3) is 5.91 Å². The molecule has 0 fully saturated rings. The highest BCUT2D eigenvalue weighted by Crippen LogP contribution is 2.27. The van der Waals surface area contributed by atoms with Crippen LogP contribution < -0.4 is 11.1 Å². The van der Waals surface area contributed by atoms with Gasteiger partial charge in [-0.1, -0.05) is 35.3 Å². The SMILES string of the molecule is NC(=O)c1cccc(C(=O)Nc2ncc(Cc3ccc(Cl)cc3Cl)s2)c1. The maximum Gasteiger partial charge on any atom is 0.257 e. The van der Waals surface area contributed by atoms with Gasteiger partial charge in [0.1, 0.15) is 0 Å². The van der Waals surface area contributed by atoms with E-state index < -0.39 is 5.91 Å². The van der Waals surface area contributed by atoms with Crippen molar-refractivity contribution in [1.29, 1.82) is 0 Å². The van der Waals surface area contributed by atoms with Crippen molar-refractivity contribution in [3.8, 4) is 0 Å². The minimum atomic E-state index is -0.587. The van der Waals surface area contributed by atoms with Crippen molar-refractivity contribution in [3.63, 3.8) is 0 Å². The molecule has 0 unspecified atom stereocenters. The zero-order chi connectivity index (χ0) is 18.7. The van der Waals surface area contributed by atoms with Crippen LogP contribution in [-0.4, -0.2) is 16.8 Å². The summed E-state index contributed by atoms with van der Waals surface area (Å²) in [5, 5.41) is 4.34. The lowest BCUT2D eigenvalue weighted by atomic mass is 10.1. The number of rotatable bonds is 5. The number of carbonyl (C=O) groups excluding carboxylic acids is 2. The molecule has 0 aliphatic heterocycles. The number of hydrogen-bond donors (Lipinski definition) is 2. The van der Waals surface area contributed by atoms with Crippen molar-refractivity contribution in [2.24, 2.45) is 5.73 Å². The number of aromatic nitrogens is 1. The molecule has 0 saturated heterocycles. The van der Waals surface area contributed by atoms with Crippen LogP contribution in [0.2, 0.25) is 10.0 Å². The molecule has 0 bridgehead atoms. The first-order valence-corrected chi connectivity index (χ1v) is 9.09. The number of amides is 2. The fraction of sp³-hybridized carbons (Fsp3) is 0.0556. The first kappa shape index (κ1) is 18.4. The Morgan fingerprint density at radius 3 is 2.62 bits per heavy atom. The van der Waals surface area contributed by atoms with Crippen LogP contribution in [0, 0.1) is 0 Å². The lowest BCUT2D eigenvalue weighted by molar-refractivity contribution is 0.1000. The van der Waals surface area contributed by atoms with Gasteiger partial charge in [0.15, 0.2) is 5.13 Å². The van der Waals surface area contributed by atoms with Gasteiger partial charge in [0, 0.05) is 38.7 Å². The Hall–Kier alpha value is -2.41. The maximum absolute atomic E-state index is 12.3. The highest BCUT2D eigenvalue weighted by atomic mass is 35.5. The Bertz CT molecular complexity index is 988. The number of primary amides is 1. The second-order valence-electron chi connectivity index (χ2n) is 5.44. The van der Waals surface area contributed by atoms with Gasteiger partial charge in [0.2, 0.25) is 5.91 Å². The molecule has 0 atom stereocenters. The van der Waals surface area contributed by atoms with Gasteiger partial charge in [-0.3, -0.25) is 14.9 Å². The van der Waals surface area contributed by atoms with Gasteiger partial charge in [-0.25, -0.2) is 4.98 Å². The number of nitrogens with one attached hydrogen (secondary N) is 1. The number of anilines is 1. The van der Waals surface area contributed by atoms with Crippen LogP contribution in [0.4, 0.5) is 5.13 Å². The predicted octanol–water partition coefficient (Wildman–Crippen LogP) is 4.39. The van der Waals surface area contributed by atoms with E-state index in [1.807, 2.05) is 6.07 Å². The summed E-state index contributed by atoms with van der Waals surface area (Å²) < 4.78 is 0. The molecule has 2 amide bonds. The average molecular weight is 406 g/mol. The van der Waals surface area contributed by atoms with Gasteiger partial charge in [-0.15, -0.1) is 11.3 Å². The van der Waals surface area contributed by atoms with E-state index in [4.69, 9.17) is 28.9 Å². The topological polar surface area (TPSA) is 85.1 Å². The third-order valence-electron chi connectivity index (χ3n) is 3.56. The summed E-state index contributed by atoms with van der Waals surface area (Å²) in [4.78, 5) is 28.7. The van der Waals surface area contributed by atoms with Gasteiger partial charge in [-0.2, -0.15) is 0 Å². The van der Waals surface area contributed by atoms with Crippen LogP contribution in [0.1, 0.15) is 31.2 Å². The van der Waals surface area contributed by atoms with E-state index in [0.29, 0.717) is 27.2 Å². The summed E-state index contributed by atoms with van der Waals surface area (Å²) in [7, 11) is 0. The molecular formula is C18H13Cl2N3O2S. The van der Waals surface area contributed by atoms with Crippen LogP contribution >= 0.6 is 34.5 Å². The van der Waals surface area contributed by atoms with Crippen LogP contribution in [-0.2, 0) is 6.42 Å². The lowest BCUT2D eigenvalue weighted by Crippen LogP contribution is -2.15. The Kier molecular flexibility index (Phi) is 5.56. The molecule has 0 spiro atoms. The number of thiazole rings is 1. The minimum Gasteiger partial charge on any atom is -0.366 e. The van der Waals surface area contributed by atoms with Crippen molar-refractivity contribution in [2.75, 3.05) is 5.32 Å². The Balaban J connectivity index is 1.71. The van der Waals surface area contributed by atoms with E-state index in [2.05, 4.69) is 10.3 Å². The Labute approximate surface area is 163 Å². The number of hydrogen-bond acceptors (Lipinski definition) is 4. The molecule has 3 aromatic rings. The van der Waals surface area contributed by atoms with E-state index in [-0.39, 0.29) is 11.5 Å². The molecule has 1 aromatic heterocycles. The summed E-state index contributed by atoms with van der Waals surface area (Å²) in [5.41, 5.74) is 6.76. The maximum atomic E-state index is 12.3. The summed E-state index contributed by atoms with van der Waals surface area (Å²) in [6.07, 6.45) is 2.27. The van der Waals surface area contributed by atoms with Crippen molar-refractivity contribution < 1.29 is 9.59 Å². The third-order valence-corrected chi connectivity index (χ3v) is 5.06. The third kappa shape index (κ3) is 4.40. The number of carbonyl (C=O) groups is 2. The predicted molar refractivity (Wildman–Crippen MR) is 104 cm³/mol. The summed E-state index contributed by atoms with van der Waals surface area (Å²) in [6, 6.07) is 11.5. The highest BCUT2D eigenvalue weighted by Gasteiger charge is 2.12. The molecule has 0 aliphatic carbocycles. The normalized spacial score (nSPS) is 10.5. The summed E-state index contributed by atoms with van der Waals surface area (Å²) in [6.45, 7) is 0. The van der Waals surface area contributed by atoms with Gasteiger partial charge in [-0.05, 0) is 35.9 Å². The van der Waals surface area contributed by atoms with Crippen LogP contribution in [0.25, 0.3) is 0 Å². The van der Waals surface area contributed by atoms with Crippen molar-refractivity contribution in [3.05, 3.63) is 80.3 Å². The molecule has 8 heteroatoms. The van der Waals surface area contributed by atoms with Gasteiger partial charge < -0.3 is 5.73 Å². The van der Waals surface area contributed by atoms with E-state index in [9.17, 15) is 9.59 Å². The fourth-order valence-corrected chi connectivity index (χ4v) is 3.59. The van der Waals surface area contributed by atoms with Crippen molar-refractivity contribution >= 4 is 51.5 Å². The second kappa shape index (κ2) is 7.86. The molecule has 0 radical (unpaired) electrons. The first-order chi connectivity index (χ1) is 12.4. The van der Waals surface area contributed by atoms with Crippen LogP contribution in [0.5, 0.6) is 0 Å². The standard InChI is InChI=1S/C18H13Cl2N3O2S/c19-13-5-4-10(15(20)8-13)7-14-9-22-18(26-14)23-17(25)12-3-1-2-11(6-12)16(21)24/h1-6,8-9H,7H2,(H2,21,24)(H,22,23,25). The van der Waals surface area contributed by atoms with Gasteiger partial charge >= 0.3 is 0 Å². The summed E-state index contributed by atoms with van der Waals surface area (Å²) in [5.74, 6) is -0.949. The second-order valence-corrected chi connectivity index (χ2v) is 7.40. The van der Waals surface area contributed by atoms with Crippen LogP contribution in [0.15, 0.2) is 48.7 Å². The average Bonchev–Trinajstić information content (AvgIpc) is 3.04. The molecule has 3 rings (SSSR count). The van der Waals surface area contributed by atoms with Crippen molar-refractivity contribution in [1.82, 2.24) is 4.98 Å². The molecule has 0 saturated carbocycles.